The summed E-state index contributed by atoms with van der Waals surface area (Å²) in [6.45, 7) is 5.98. The molecule has 3 aromatic rings. The Labute approximate surface area is 150 Å². The summed E-state index contributed by atoms with van der Waals surface area (Å²) in [5.74, 6) is 0.262. The minimum Gasteiger partial charge on any atom is -0.496 e. The topological polar surface area (TPSA) is 105 Å². The van der Waals surface area contributed by atoms with E-state index in [2.05, 4.69) is 15.3 Å². The summed E-state index contributed by atoms with van der Waals surface area (Å²) in [6.07, 6.45) is 0. The molecule has 0 saturated carbocycles. The molecule has 0 unspecified atom stereocenters. The van der Waals surface area contributed by atoms with Gasteiger partial charge in [-0.3, -0.25) is 0 Å². The third-order valence-electron chi connectivity index (χ3n) is 4.00. The Morgan fingerprint density at radius 1 is 1.27 bits per heavy atom. The van der Waals surface area contributed by atoms with Gasteiger partial charge in [0.2, 0.25) is 5.69 Å². The van der Waals surface area contributed by atoms with Gasteiger partial charge in [0.15, 0.2) is 11.5 Å². The molecule has 2 aromatic heterocycles. The van der Waals surface area contributed by atoms with Gasteiger partial charge in [-0.1, -0.05) is 32.0 Å². The Bertz CT molecular complexity index is 965. The summed E-state index contributed by atoms with van der Waals surface area (Å²) < 4.78 is 11.9. The fraction of sp³-hybridized carbons (Fsp3) is 0.333. The molecule has 0 aliphatic carbocycles. The van der Waals surface area contributed by atoms with E-state index in [9.17, 15) is 4.79 Å². The lowest BCUT2D eigenvalue weighted by Gasteiger charge is -2.10. The van der Waals surface area contributed by atoms with Gasteiger partial charge in [0, 0.05) is 5.56 Å². The first-order chi connectivity index (χ1) is 12.5. The second kappa shape index (κ2) is 6.99. The van der Waals surface area contributed by atoms with Crippen molar-refractivity contribution in [2.24, 2.45) is 0 Å². The van der Waals surface area contributed by atoms with Crippen LogP contribution in [0.5, 0.6) is 5.75 Å². The van der Waals surface area contributed by atoms with Gasteiger partial charge in [-0.25, -0.2) is 4.79 Å². The zero-order chi connectivity index (χ0) is 18.8. The van der Waals surface area contributed by atoms with Crippen LogP contribution in [0.4, 0.5) is 5.82 Å². The average molecular weight is 355 g/mol. The highest BCUT2D eigenvalue weighted by Crippen LogP contribution is 2.37. The molecule has 0 amide bonds. The number of nitrogens with two attached hydrogens (primary N) is 1. The fourth-order valence-electron chi connectivity index (χ4n) is 2.79. The molecule has 0 aliphatic rings. The largest absolute Gasteiger partial charge is 0.496 e. The number of esters is 1. The number of nitrogens with zero attached hydrogens (tertiary/aromatic N) is 4. The predicted octanol–water partition coefficient (Wildman–Crippen LogP) is 2.68. The summed E-state index contributed by atoms with van der Waals surface area (Å²) in [5.41, 5.74) is 8.97. The Kier molecular flexibility index (Phi) is 4.75. The first-order valence-corrected chi connectivity index (χ1v) is 8.34. The van der Waals surface area contributed by atoms with Crippen LogP contribution in [0.2, 0.25) is 0 Å². The molecule has 0 radical (unpaired) electrons. The third kappa shape index (κ3) is 2.83. The standard InChI is InChI=1S/C18H21N5O3/c1-5-26-18(24)15-16(19)23-17(21-20-15)13(14(22-23)10(2)3)11-8-6-7-9-12(11)25-4/h6-10H,5,19H2,1-4H3. The zero-order valence-electron chi connectivity index (χ0n) is 15.2. The molecule has 0 bridgehead atoms. The van der Waals surface area contributed by atoms with Crippen molar-refractivity contribution in [3.8, 4) is 16.9 Å². The van der Waals surface area contributed by atoms with Crippen LogP contribution in [0, 0.1) is 0 Å². The van der Waals surface area contributed by atoms with Crippen LogP contribution in [0.15, 0.2) is 24.3 Å². The lowest BCUT2D eigenvalue weighted by molar-refractivity contribution is 0.0519. The lowest BCUT2D eigenvalue weighted by atomic mass is 9.99. The molecule has 0 fully saturated rings. The molecule has 136 valence electrons. The number of hydrogen-bond acceptors (Lipinski definition) is 7. The number of anilines is 1. The van der Waals surface area contributed by atoms with Gasteiger partial charge in [-0.15, -0.1) is 10.2 Å². The summed E-state index contributed by atoms with van der Waals surface area (Å²) >= 11 is 0. The number of nitrogen functional groups attached to an aromatic ring is 1. The van der Waals surface area contributed by atoms with Crippen LogP contribution in [0.1, 0.15) is 42.9 Å². The first kappa shape index (κ1) is 17.7. The van der Waals surface area contributed by atoms with Gasteiger partial charge in [0.25, 0.3) is 0 Å². The highest BCUT2D eigenvalue weighted by Gasteiger charge is 2.25. The minimum absolute atomic E-state index is 0.0521. The number of ether oxygens (including phenoxy) is 2. The van der Waals surface area contributed by atoms with Gasteiger partial charge < -0.3 is 15.2 Å². The van der Waals surface area contributed by atoms with Crippen LogP contribution in [-0.4, -0.2) is 39.5 Å². The first-order valence-electron chi connectivity index (χ1n) is 8.34. The van der Waals surface area contributed by atoms with E-state index < -0.39 is 5.97 Å². The van der Waals surface area contributed by atoms with E-state index in [1.54, 1.807) is 14.0 Å². The molecule has 3 rings (SSSR count). The van der Waals surface area contributed by atoms with E-state index in [1.807, 2.05) is 38.1 Å². The Morgan fingerprint density at radius 3 is 2.65 bits per heavy atom. The van der Waals surface area contributed by atoms with Crippen molar-refractivity contribution < 1.29 is 14.3 Å². The van der Waals surface area contributed by atoms with Gasteiger partial charge in [-0.2, -0.15) is 9.61 Å². The molecule has 26 heavy (non-hydrogen) atoms. The van der Waals surface area contributed by atoms with E-state index in [-0.39, 0.29) is 24.0 Å². The SMILES string of the molecule is CCOC(=O)c1nnc2c(-c3ccccc3OC)c(C(C)C)nn2c1N. The lowest BCUT2D eigenvalue weighted by Crippen LogP contribution is -2.15. The van der Waals surface area contributed by atoms with Crippen LogP contribution in [0.25, 0.3) is 16.8 Å². The molecule has 1 aromatic carbocycles. The van der Waals surface area contributed by atoms with E-state index >= 15 is 0 Å². The number of hydrogen-bond donors (Lipinski definition) is 1. The Hall–Kier alpha value is -3.16. The molecule has 8 nitrogen and oxygen atoms in total. The maximum absolute atomic E-state index is 12.0. The average Bonchev–Trinajstić information content (AvgIpc) is 3.02. The monoisotopic (exact) mass is 355 g/mol. The molecule has 8 heteroatoms. The number of para-hydroxylation sites is 1. The normalized spacial score (nSPS) is 11.1. The molecule has 0 aliphatic heterocycles. The summed E-state index contributed by atoms with van der Waals surface area (Å²) in [7, 11) is 1.61. The number of aromatic nitrogens is 4. The fourth-order valence-corrected chi connectivity index (χ4v) is 2.79. The van der Waals surface area contributed by atoms with E-state index in [1.165, 1.54) is 4.52 Å². The van der Waals surface area contributed by atoms with E-state index in [0.29, 0.717) is 11.4 Å². The molecular formula is C18H21N5O3. The van der Waals surface area contributed by atoms with Crippen LogP contribution in [-0.2, 0) is 4.74 Å². The quantitative estimate of drug-likeness (QED) is 0.702. The van der Waals surface area contributed by atoms with Gasteiger partial charge >= 0.3 is 5.97 Å². The van der Waals surface area contributed by atoms with Crippen molar-refractivity contribution >= 4 is 17.4 Å². The number of methoxy groups -OCH3 is 1. The number of carbonyl (C=O) groups excluding carboxylic acids is 1. The van der Waals surface area contributed by atoms with Crippen LogP contribution >= 0.6 is 0 Å². The second-order valence-corrected chi connectivity index (χ2v) is 6.00. The van der Waals surface area contributed by atoms with E-state index in [0.717, 1.165) is 16.8 Å². The highest BCUT2D eigenvalue weighted by atomic mass is 16.5. The second-order valence-electron chi connectivity index (χ2n) is 6.00. The summed E-state index contributed by atoms with van der Waals surface area (Å²) in [6, 6.07) is 7.60. The van der Waals surface area contributed by atoms with Crippen molar-refractivity contribution in [2.75, 3.05) is 19.5 Å². The van der Waals surface area contributed by atoms with Gasteiger partial charge in [0.1, 0.15) is 5.75 Å². The highest BCUT2D eigenvalue weighted by molar-refractivity contribution is 5.93. The third-order valence-corrected chi connectivity index (χ3v) is 4.00. The van der Waals surface area contributed by atoms with Crippen LogP contribution < -0.4 is 10.5 Å². The van der Waals surface area contributed by atoms with Crippen molar-refractivity contribution in [1.82, 2.24) is 19.8 Å². The molecule has 0 saturated heterocycles. The van der Waals surface area contributed by atoms with Crippen molar-refractivity contribution in [1.29, 1.82) is 0 Å². The number of rotatable bonds is 5. The van der Waals surface area contributed by atoms with Crippen molar-refractivity contribution in [3.63, 3.8) is 0 Å². The zero-order valence-corrected chi connectivity index (χ0v) is 15.2. The molecule has 0 spiro atoms. The molecular weight excluding hydrogens is 334 g/mol. The number of fused-ring (bicyclic) bond motifs is 1. The van der Waals surface area contributed by atoms with Crippen LogP contribution in [0.3, 0.4) is 0 Å². The minimum atomic E-state index is -0.625. The Morgan fingerprint density at radius 2 is 2.00 bits per heavy atom. The Balaban J connectivity index is 2.31. The summed E-state index contributed by atoms with van der Waals surface area (Å²) in [4.78, 5) is 12.0. The summed E-state index contributed by atoms with van der Waals surface area (Å²) in [5, 5.41) is 12.8. The van der Waals surface area contributed by atoms with Crippen molar-refractivity contribution in [3.05, 3.63) is 35.7 Å². The van der Waals surface area contributed by atoms with Gasteiger partial charge in [-0.05, 0) is 18.9 Å². The molecule has 2 N–H and O–H groups in total. The van der Waals surface area contributed by atoms with Crippen molar-refractivity contribution in [2.45, 2.75) is 26.7 Å². The molecule has 2 heterocycles. The smallest absolute Gasteiger partial charge is 0.362 e. The maximum atomic E-state index is 12.0. The maximum Gasteiger partial charge on any atom is 0.362 e. The van der Waals surface area contributed by atoms with Gasteiger partial charge in [0.05, 0.1) is 25.0 Å². The molecule has 0 atom stereocenters. The number of carbonyl (C=O) groups is 1. The predicted molar refractivity (Wildman–Crippen MR) is 97.2 cm³/mol. The number of benzene rings is 1. The van der Waals surface area contributed by atoms with E-state index in [4.69, 9.17) is 15.2 Å².